The fraction of sp³-hybridized carbons (Fsp3) is 0.571. The van der Waals surface area contributed by atoms with Crippen molar-refractivity contribution in [3.05, 3.63) is 35.7 Å². The third-order valence-electron chi connectivity index (χ3n) is 2.92. The molecule has 0 atom stereocenters. The van der Waals surface area contributed by atoms with Crippen molar-refractivity contribution in [2.45, 2.75) is 32.9 Å². The molecule has 0 bridgehead atoms. The van der Waals surface area contributed by atoms with E-state index < -0.39 is 0 Å². The van der Waals surface area contributed by atoms with Crippen LogP contribution in [0.5, 0.6) is 0 Å². The van der Waals surface area contributed by atoms with Crippen molar-refractivity contribution in [3.63, 3.8) is 0 Å². The number of hydrogen-bond acceptors (Lipinski definition) is 5. The van der Waals surface area contributed by atoms with Gasteiger partial charge in [-0.1, -0.05) is 12.1 Å². The quantitative estimate of drug-likeness (QED) is 0.706. The maximum Gasteiger partial charge on any atom is 0.226 e. The van der Waals surface area contributed by atoms with E-state index in [1.807, 2.05) is 6.20 Å². The Bertz CT molecular complexity index is 507. The van der Waals surface area contributed by atoms with Crippen molar-refractivity contribution in [2.24, 2.45) is 0 Å². The molecule has 1 N–H and O–H groups in total. The van der Waals surface area contributed by atoms with Crippen LogP contribution >= 0.6 is 0 Å². The number of aromatic nitrogens is 3. The summed E-state index contributed by atoms with van der Waals surface area (Å²) in [7, 11) is 1.70. The van der Waals surface area contributed by atoms with Gasteiger partial charge in [0.2, 0.25) is 5.89 Å². The second kappa shape index (κ2) is 7.81. The van der Waals surface area contributed by atoms with Crippen molar-refractivity contribution >= 4 is 0 Å². The highest BCUT2D eigenvalue weighted by molar-refractivity contribution is 5.10. The first-order valence-corrected chi connectivity index (χ1v) is 6.97. The fourth-order valence-electron chi connectivity index (χ4n) is 1.93. The minimum Gasteiger partial charge on any atom is -0.383 e. The molecule has 2 rings (SSSR count). The second-order valence-electron chi connectivity index (χ2n) is 4.72. The summed E-state index contributed by atoms with van der Waals surface area (Å²) in [5.74, 6) is 1.44. The Labute approximate surface area is 119 Å². The largest absolute Gasteiger partial charge is 0.383 e. The van der Waals surface area contributed by atoms with Crippen LogP contribution in [0.2, 0.25) is 0 Å². The van der Waals surface area contributed by atoms with E-state index in [9.17, 15) is 0 Å². The van der Waals surface area contributed by atoms with Crippen LogP contribution in [0.4, 0.5) is 0 Å². The Morgan fingerprint density at radius 3 is 3.15 bits per heavy atom. The van der Waals surface area contributed by atoms with Crippen molar-refractivity contribution in [2.75, 3.05) is 20.3 Å². The molecule has 0 saturated heterocycles. The number of aryl methyl sites for hydroxylation is 1. The van der Waals surface area contributed by atoms with Crippen LogP contribution in [0, 0.1) is 0 Å². The highest BCUT2D eigenvalue weighted by atomic mass is 16.5. The summed E-state index contributed by atoms with van der Waals surface area (Å²) in [6.45, 7) is 5.16. The number of nitrogens with zero attached hydrogens (tertiary/aromatic N) is 3. The van der Waals surface area contributed by atoms with Gasteiger partial charge in [-0.2, -0.15) is 4.98 Å². The van der Waals surface area contributed by atoms with E-state index in [1.54, 1.807) is 7.11 Å². The average Bonchev–Trinajstić information content (AvgIpc) is 3.06. The monoisotopic (exact) mass is 278 g/mol. The third kappa shape index (κ3) is 4.47. The lowest BCUT2D eigenvalue weighted by molar-refractivity contribution is 0.199. The Morgan fingerprint density at radius 2 is 2.35 bits per heavy atom. The predicted molar refractivity (Wildman–Crippen MR) is 75.4 cm³/mol. The van der Waals surface area contributed by atoms with Crippen LogP contribution in [0.3, 0.4) is 0 Å². The highest BCUT2D eigenvalue weighted by Crippen LogP contribution is 2.06. The summed E-state index contributed by atoms with van der Waals surface area (Å²) >= 11 is 0. The van der Waals surface area contributed by atoms with Gasteiger partial charge in [0.05, 0.1) is 13.2 Å². The zero-order chi connectivity index (χ0) is 14.2. The Balaban J connectivity index is 1.82. The van der Waals surface area contributed by atoms with Gasteiger partial charge in [0.1, 0.15) is 0 Å². The van der Waals surface area contributed by atoms with Gasteiger partial charge in [-0.3, -0.25) is 0 Å². The number of ether oxygens (including phenoxy) is 1. The Morgan fingerprint density at radius 1 is 1.45 bits per heavy atom. The van der Waals surface area contributed by atoms with E-state index in [-0.39, 0.29) is 0 Å². The van der Waals surface area contributed by atoms with Crippen LogP contribution < -0.4 is 5.32 Å². The Kier molecular flexibility index (Phi) is 5.76. The smallest absolute Gasteiger partial charge is 0.226 e. The molecule has 6 nitrogen and oxygen atoms in total. The predicted octanol–water partition coefficient (Wildman–Crippen LogP) is 1.61. The number of methoxy groups -OCH3 is 1. The van der Waals surface area contributed by atoms with Crippen LogP contribution in [-0.4, -0.2) is 35.0 Å². The molecule has 0 aromatic carbocycles. The average molecular weight is 278 g/mol. The topological polar surface area (TPSA) is 65.1 Å². The summed E-state index contributed by atoms with van der Waals surface area (Å²) < 4.78 is 12.2. The van der Waals surface area contributed by atoms with Crippen molar-refractivity contribution in [1.29, 1.82) is 0 Å². The van der Waals surface area contributed by atoms with Crippen LogP contribution in [-0.2, 0) is 24.2 Å². The van der Waals surface area contributed by atoms with Gasteiger partial charge < -0.3 is 19.1 Å². The van der Waals surface area contributed by atoms with Crippen LogP contribution in [0.15, 0.2) is 23.0 Å². The molecule has 20 heavy (non-hydrogen) atoms. The molecule has 0 aliphatic carbocycles. The van der Waals surface area contributed by atoms with Crippen LogP contribution in [0.1, 0.15) is 30.6 Å². The van der Waals surface area contributed by atoms with E-state index in [2.05, 4.69) is 39.2 Å². The summed E-state index contributed by atoms with van der Waals surface area (Å²) in [6.07, 6.45) is 5.98. The molecule has 2 aromatic rings. The molecule has 110 valence electrons. The molecular formula is C14H22N4O2. The maximum atomic E-state index is 5.18. The molecule has 0 aliphatic rings. The fourth-order valence-corrected chi connectivity index (χ4v) is 1.93. The normalized spacial score (nSPS) is 11.1. The van der Waals surface area contributed by atoms with Crippen LogP contribution in [0.25, 0.3) is 0 Å². The molecule has 0 unspecified atom stereocenters. The van der Waals surface area contributed by atoms with Crippen molar-refractivity contribution in [1.82, 2.24) is 20.0 Å². The van der Waals surface area contributed by atoms with Crippen molar-refractivity contribution < 1.29 is 9.26 Å². The number of nitrogens with one attached hydrogen (secondary N) is 1. The van der Waals surface area contributed by atoms with Gasteiger partial charge in [0, 0.05) is 39.0 Å². The molecular weight excluding hydrogens is 256 g/mol. The van der Waals surface area contributed by atoms with Gasteiger partial charge in [-0.05, 0) is 18.1 Å². The third-order valence-corrected chi connectivity index (χ3v) is 2.92. The molecule has 6 heteroatoms. The van der Waals surface area contributed by atoms with Gasteiger partial charge >= 0.3 is 0 Å². The summed E-state index contributed by atoms with van der Waals surface area (Å²) in [5.41, 5.74) is 1.23. The summed E-state index contributed by atoms with van der Waals surface area (Å²) in [5, 5.41) is 7.30. The molecule has 2 aromatic heterocycles. The molecule has 0 radical (unpaired) electrons. The number of rotatable bonds is 9. The molecule has 0 fully saturated rings. The van der Waals surface area contributed by atoms with E-state index in [4.69, 9.17) is 9.26 Å². The molecule has 0 spiro atoms. The zero-order valence-electron chi connectivity index (χ0n) is 12.1. The Hall–Kier alpha value is -1.66. The molecule has 0 aliphatic heterocycles. The van der Waals surface area contributed by atoms with E-state index in [0.717, 1.165) is 44.3 Å². The van der Waals surface area contributed by atoms with Crippen molar-refractivity contribution in [3.8, 4) is 0 Å². The highest BCUT2D eigenvalue weighted by Gasteiger charge is 2.06. The lowest BCUT2D eigenvalue weighted by atomic mass is 10.3. The second-order valence-corrected chi connectivity index (χ2v) is 4.72. The molecule has 0 saturated carbocycles. The lowest BCUT2D eigenvalue weighted by Crippen LogP contribution is -2.18. The first-order valence-electron chi connectivity index (χ1n) is 6.97. The minimum atomic E-state index is 0.644. The maximum absolute atomic E-state index is 5.18. The minimum absolute atomic E-state index is 0.644. The summed E-state index contributed by atoms with van der Waals surface area (Å²) in [6, 6.07) is 2.09. The van der Waals surface area contributed by atoms with Gasteiger partial charge in [0.25, 0.3) is 0 Å². The van der Waals surface area contributed by atoms with Gasteiger partial charge in [-0.15, -0.1) is 0 Å². The van der Waals surface area contributed by atoms with E-state index in [1.165, 1.54) is 5.56 Å². The lowest BCUT2D eigenvalue weighted by Gasteiger charge is -2.01. The summed E-state index contributed by atoms with van der Waals surface area (Å²) in [4.78, 5) is 4.36. The zero-order valence-corrected chi connectivity index (χ0v) is 12.1. The van der Waals surface area contributed by atoms with E-state index in [0.29, 0.717) is 6.54 Å². The molecule has 0 amide bonds. The van der Waals surface area contributed by atoms with Gasteiger partial charge in [-0.25, -0.2) is 0 Å². The molecule has 2 heterocycles. The standard InChI is InChI=1S/C14H22N4O2/c1-3-4-14-16-13(17-20-14)11-18-7-5-12(10-18)9-15-6-8-19-2/h5,7,10,15H,3-4,6,8-9,11H2,1-2H3. The van der Waals surface area contributed by atoms with Gasteiger partial charge in [0.15, 0.2) is 5.82 Å². The SMILES string of the molecule is CCCc1nc(Cn2ccc(CNCCOC)c2)no1. The first-order chi connectivity index (χ1) is 9.81. The van der Waals surface area contributed by atoms with E-state index >= 15 is 0 Å². The first kappa shape index (κ1) is 14.7. The number of hydrogen-bond donors (Lipinski definition) is 1.